The molecular formula is C15H27N3OS. The molecule has 0 bridgehead atoms. The fraction of sp³-hybridized carbons (Fsp3) is 0.867. The Morgan fingerprint density at radius 3 is 2.60 bits per heavy atom. The van der Waals surface area contributed by atoms with Crippen LogP contribution in [-0.2, 0) is 0 Å². The Balaban J connectivity index is 1.89. The first-order valence-corrected chi connectivity index (χ1v) is 9.09. The molecule has 1 aromatic rings. The van der Waals surface area contributed by atoms with Crippen LogP contribution in [0, 0.1) is 11.8 Å². The number of nitrogens with two attached hydrogens (primary N) is 1. The molecule has 2 N–H and O–H groups in total. The summed E-state index contributed by atoms with van der Waals surface area (Å²) >= 11 is 1.79. The predicted molar refractivity (Wildman–Crippen MR) is 83.8 cm³/mol. The third-order valence-corrected chi connectivity index (χ3v) is 5.13. The lowest BCUT2D eigenvalue weighted by atomic mass is 9.77. The van der Waals surface area contributed by atoms with Gasteiger partial charge in [-0.3, -0.25) is 0 Å². The Kier molecular flexibility index (Phi) is 5.90. The van der Waals surface area contributed by atoms with Gasteiger partial charge in [-0.2, -0.15) is 16.7 Å². The fourth-order valence-corrected chi connectivity index (χ4v) is 3.47. The average Bonchev–Trinajstić information content (AvgIpc) is 2.94. The number of hydrogen-bond acceptors (Lipinski definition) is 5. The highest BCUT2D eigenvalue weighted by molar-refractivity contribution is 7.98. The van der Waals surface area contributed by atoms with Gasteiger partial charge in [-0.05, 0) is 55.9 Å². The molecule has 0 unspecified atom stereocenters. The Hall–Kier alpha value is -0.550. The molecule has 1 aliphatic carbocycles. The standard InChI is InChI=1S/C15H27N3OS/c1-10(2)11-4-6-12(7-5-11)14-17-15(19-18-14)13(16)8-9-20-3/h10-13H,4-9,16H2,1-3H3/t11?,12?,13-/m0/s1. The second kappa shape index (κ2) is 7.46. The maximum Gasteiger partial charge on any atom is 0.243 e. The van der Waals surface area contributed by atoms with Gasteiger partial charge in [-0.15, -0.1) is 0 Å². The van der Waals surface area contributed by atoms with Gasteiger partial charge in [0.2, 0.25) is 5.89 Å². The van der Waals surface area contributed by atoms with E-state index in [4.69, 9.17) is 10.3 Å². The maximum atomic E-state index is 6.08. The number of rotatable bonds is 6. The highest BCUT2D eigenvalue weighted by atomic mass is 32.2. The first-order chi connectivity index (χ1) is 9.61. The molecule has 1 atom stereocenters. The molecule has 1 aliphatic rings. The lowest BCUT2D eigenvalue weighted by molar-refractivity contribution is 0.251. The summed E-state index contributed by atoms with van der Waals surface area (Å²) in [7, 11) is 0. The second-order valence-corrected chi connectivity index (χ2v) is 7.22. The van der Waals surface area contributed by atoms with Crippen molar-refractivity contribution in [1.82, 2.24) is 10.1 Å². The monoisotopic (exact) mass is 297 g/mol. The van der Waals surface area contributed by atoms with E-state index in [1.165, 1.54) is 25.7 Å². The Morgan fingerprint density at radius 1 is 1.30 bits per heavy atom. The Morgan fingerprint density at radius 2 is 2.00 bits per heavy atom. The minimum absolute atomic E-state index is 0.115. The largest absolute Gasteiger partial charge is 0.338 e. The summed E-state index contributed by atoms with van der Waals surface area (Å²) in [6.07, 6.45) is 7.90. The van der Waals surface area contributed by atoms with E-state index in [9.17, 15) is 0 Å². The Bertz CT molecular complexity index is 400. The average molecular weight is 297 g/mol. The van der Waals surface area contributed by atoms with Crippen LogP contribution >= 0.6 is 11.8 Å². The van der Waals surface area contributed by atoms with Gasteiger partial charge in [0.25, 0.3) is 0 Å². The molecule has 0 amide bonds. The second-order valence-electron chi connectivity index (χ2n) is 6.23. The van der Waals surface area contributed by atoms with Crippen LogP contribution in [0.3, 0.4) is 0 Å². The van der Waals surface area contributed by atoms with E-state index < -0.39 is 0 Å². The van der Waals surface area contributed by atoms with E-state index in [2.05, 4.69) is 30.2 Å². The predicted octanol–water partition coefficient (Wildman–Crippen LogP) is 3.75. The van der Waals surface area contributed by atoms with Gasteiger partial charge in [0.1, 0.15) is 0 Å². The van der Waals surface area contributed by atoms with Crippen molar-refractivity contribution in [1.29, 1.82) is 0 Å². The normalized spacial score (nSPS) is 25.1. The zero-order valence-corrected chi connectivity index (χ0v) is 13.7. The van der Waals surface area contributed by atoms with Gasteiger partial charge in [-0.25, -0.2) is 0 Å². The van der Waals surface area contributed by atoms with Gasteiger partial charge < -0.3 is 10.3 Å². The summed E-state index contributed by atoms with van der Waals surface area (Å²) in [5.41, 5.74) is 6.08. The number of hydrogen-bond donors (Lipinski definition) is 1. The number of aromatic nitrogens is 2. The molecule has 1 saturated carbocycles. The van der Waals surface area contributed by atoms with Crippen LogP contribution in [0.2, 0.25) is 0 Å². The lowest BCUT2D eigenvalue weighted by Gasteiger charge is -2.29. The summed E-state index contributed by atoms with van der Waals surface area (Å²) < 4.78 is 5.36. The molecule has 5 heteroatoms. The van der Waals surface area contributed by atoms with Crippen LogP contribution < -0.4 is 5.73 Å². The molecule has 0 saturated heterocycles. The molecule has 0 radical (unpaired) electrons. The SMILES string of the molecule is CSCC[C@H](N)c1nc(C2CCC(C(C)C)CC2)no1. The molecule has 2 rings (SSSR count). The molecular weight excluding hydrogens is 270 g/mol. The molecule has 1 heterocycles. The van der Waals surface area contributed by atoms with Gasteiger partial charge in [0.05, 0.1) is 6.04 Å². The minimum atomic E-state index is -0.115. The lowest BCUT2D eigenvalue weighted by Crippen LogP contribution is -2.18. The van der Waals surface area contributed by atoms with Crippen LogP contribution in [0.1, 0.15) is 69.6 Å². The number of thioether (sulfide) groups is 1. The molecule has 0 aliphatic heterocycles. The summed E-state index contributed by atoms with van der Waals surface area (Å²) in [6, 6.07) is -0.115. The van der Waals surface area contributed by atoms with Crippen LogP contribution in [0.4, 0.5) is 0 Å². The van der Waals surface area contributed by atoms with Crippen molar-refractivity contribution in [3.63, 3.8) is 0 Å². The van der Waals surface area contributed by atoms with E-state index in [1.54, 1.807) is 11.8 Å². The molecule has 20 heavy (non-hydrogen) atoms. The zero-order valence-electron chi connectivity index (χ0n) is 12.8. The van der Waals surface area contributed by atoms with Crippen molar-refractivity contribution >= 4 is 11.8 Å². The summed E-state index contributed by atoms with van der Waals surface area (Å²) in [6.45, 7) is 4.64. The summed E-state index contributed by atoms with van der Waals surface area (Å²) in [5.74, 6) is 4.63. The minimum Gasteiger partial charge on any atom is -0.338 e. The smallest absolute Gasteiger partial charge is 0.243 e. The first-order valence-electron chi connectivity index (χ1n) is 7.69. The van der Waals surface area contributed by atoms with Crippen molar-refractivity contribution in [3.05, 3.63) is 11.7 Å². The molecule has 1 aromatic heterocycles. The van der Waals surface area contributed by atoms with E-state index in [1.807, 2.05) is 0 Å². The molecule has 114 valence electrons. The van der Waals surface area contributed by atoms with Gasteiger partial charge >= 0.3 is 0 Å². The van der Waals surface area contributed by atoms with E-state index >= 15 is 0 Å². The van der Waals surface area contributed by atoms with E-state index in [-0.39, 0.29) is 6.04 Å². The fourth-order valence-electron chi connectivity index (χ4n) is 2.98. The topological polar surface area (TPSA) is 64.9 Å². The van der Waals surface area contributed by atoms with E-state index in [0.29, 0.717) is 11.8 Å². The van der Waals surface area contributed by atoms with Crippen LogP contribution in [0.5, 0.6) is 0 Å². The van der Waals surface area contributed by atoms with Crippen LogP contribution in [0.25, 0.3) is 0 Å². The van der Waals surface area contributed by atoms with Crippen molar-refractivity contribution in [2.75, 3.05) is 12.0 Å². The third-order valence-electron chi connectivity index (χ3n) is 4.49. The molecule has 0 spiro atoms. The Labute approximate surface area is 126 Å². The van der Waals surface area contributed by atoms with Crippen molar-refractivity contribution in [2.45, 2.75) is 57.9 Å². The van der Waals surface area contributed by atoms with Gasteiger partial charge in [0.15, 0.2) is 5.82 Å². The first kappa shape index (κ1) is 15.8. The molecule has 1 fully saturated rings. The number of nitrogens with zero attached hydrogens (tertiary/aromatic N) is 2. The van der Waals surface area contributed by atoms with Crippen molar-refractivity contribution in [3.8, 4) is 0 Å². The molecule has 0 aromatic carbocycles. The van der Waals surface area contributed by atoms with Crippen LogP contribution in [-0.4, -0.2) is 22.1 Å². The third kappa shape index (κ3) is 3.98. The van der Waals surface area contributed by atoms with E-state index in [0.717, 1.165) is 29.8 Å². The highest BCUT2D eigenvalue weighted by Gasteiger charge is 2.27. The van der Waals surface area contributed by atoms with Gasteiger partial charge in [-0.1, -0.05) is 19.0 Å². The van der Waals surface area contributed by atoms with Crippen molar-refractivity contribution in [2.24, 2.45) is 17.6 Å². The quantitative estimate of drug-likeness (QED) is 0.866. The van der Waals surface area contributed by atoms with Crippen molar-refractivity contribution < 1.29 is 4.52 Å². The maximum absolute atomic E-state index is 6.08. The highest BCUT2D eigenvalue weighted by Crippen LogP contribution is 2.37. The summed E-state index contributed by atoms with van der Waals surface area (Å²) in [4.78, 5) is 4.54. The van der Waals surface area contributed by atoms with Crippen LogP contribution in [0.15, 0.2) is 4.52 Å². The zero-order chi connectivity index (χ0) is 14.5. The van der Waals surface area contributed by atoms with Gasteiger partial charge in [0, 0.05) is 5.92 Å². The summed E-state index contributed by atoms with van der Waals surface area (Å²) in [5, 5.41) is 4.17. The molecule has 4 nitrogen and oxygen atoms in total.